The summed E-state index contributed by atoms with van der Waals surface area (Å²) in [6.45, 7) is 0.763. The molecule has 16 bridgehead atoms. The Kier molecular flexibility index (Phi) is 17.9. The molecular weight excluding hydrogens is 1390 g/mol. The lowest BCUT2D eigenvalue weighted by atomic mass is 10.0. The molecule has 0 aliphatic carbocycles. The Morgan fingerprint density at radius 3 is 0.623 bits per heavy atom. The molecule has 0 unspecified atom stereocenters. The van der Waals surface area contributed by atoms with Gasteiger partial charge in [0, 0.05) is 88.6 Å². The molecule has 540 valence electrons. The molecule has 10 heterocycles. The van der Waals surface area contributed by atoms with Crippen LogP contribution in [0.25, 0.3) is 194 Å². The van der Waals surface area contributed by atoms with Crippen molar-refractivity contribution in [2.75, 3.05) is 0 Å². The van der Waals surface area contributed by atoms with E-state index in [9.17, 15) is 0 Å². The molecule has 16 aromatic rings. The van der Waals surface area contributed by atoms with E-state index in [1.807, 2.05) is 12.1 Å². The molecule has 0 saturated heterocycles. The van der Waals surface area contributed by atoms with Gasteiger partial charge >= 0.3 is 0 Å². The fourth-order valence-corrected chi connectivity index (χ4v) is 15.9. The fraction of sp³-hybridized carbons (Fsp3) is 0.0192. The van der Waals surface area contributed by atoms with Gasteiger partial charge in [0.05, 0.1) is 45.6 Å². The first-order valence-corrected chi connectivity index (χ1v) is 38.4. The minimum atomic E-state index is 0.381. The molecule has 10 heteroatoms. The molecule has 0 atom stereocenters. The zero-order valence-electron chi connectivity index (χ0n) is 62.0. The molecule has 4 aliphatic heterocycles. The van der Waals surface area contributed by atoms with Crippen molar-refractivity contribution in [3.8, 4) is 101 Å². The van der Waals surface area contributed by atoms with Gasteiger partial charge in [-0.05, 0) is 188 Å². The number of H-pyrrole nitrogens is 4. The summed E-state index contributed by atoms with van der Waals surface area (Å²) in [7, 11) is 0. The lowest BCUT2D eigenvalue weighted by Gasteiger charge is -2.10. The summed E-state index contributed by atoms with van der Waals surface area (Å²) in [6.07, 6.45) is 21.4. The summed E-state index contributed by atoms with van der Waals surface area (Å²) in [5, 5.41) is 0. The van der Waals surface area contributed by atoms with E-state index in [1.165, 1.54) is 0 Å². The number of hydrogen-bond donors (Lipinski definition) is 4. The number of nitrogens with one attached hydrogen (secondary N) is 4. The number of rotatable bonds is 16. The average Bonchev–Trinajstić information content (AvgIpc) is 1.62. The van der Waals surface area contributed by atoms with Crippen LogP contribution in [-0.4, -0.2) is 39.9 Å². The lowest BCUT2D eigenvalue weighted by Crippen LogP contribution is -1.96. The van der Waals surface area contributed by atoms with Crippen molar-refractivity contribution in [2.24, 2.45) is 0 Å². The third-order valence-electron chi connectivity index (χ3n) is 21.4. The van der Waals surface area contributed by atoms with Crippen LogP contribution in [0.1, 0.15) is 67.8 Å². The molecule has 4 N–H and O–H groups in total. The van der Waals surface area contributed by atoms with Gasteiger partial charge in [-0.3, -0.25) is 0 Å². The number of benzene rings is 10. The van der Waals surface area contributed by atoms with E-state index >= 15 is 0 Å². The Balaban J connectivity index is 0.568. The molecule has 0 spiro atoms. The monoisotopic (exact) mass is 1460 g/mol. The average molecular weight is 1470 g/mol. The number of ether oxygens (including phenoxy) is 2. The van der Waals surface area contributed by atoms with E-state index in [0.29, 0.717) is 13.2 Å². The second-order valence-corrected chi connectivity index (χ2v) is 28.7. The summed E-state index contributed by atoms with van der Waals surface area (Å²) < 4.78 is 13.3. The van der Waals surface area contributed by atoms with Gasteiger partial charge in [0.2, 0.25) is 0 Å². The SMILES string of the molecule is C1=Cc2nc1c(-c1ccccc1)c1ccc([nH]1)c(-c1ccccc1)c1nc(c(-c3cccc(OCc4ccc(/C=C/c5ccc(COc6cccc(-c7c8nc(c(-c9ccccc9)c9ccc([nH]9)c(-c9ccccc9)c9nc(c(-c%10ccccc%10)c%10ccc7[nH]%10)C=C9)C=C8)c6)cc5)cc4)c3)c3ccc([nH]3)c2-c2ccccc2)C=C1. The van der Waals surface area contributed by atoms with Crippen LogP contribution < -0.4 is 9.47 Å². The molecule has 10 aromatic carbocycles. The maximum Gasteiger partial charge on any atom is 0.120 e. The molecule has 0 amide bonds. The van der Waals surface area contributed by atoms with Gasteiger partial charge in [-0.2, -0.15) is 0 Å². The molecule has 114 heavy (non-hydrogen) atoms. The van der Waals surface area contributed by atoms with Crippen molar-refractivity contribution in [1.29, 1.82) is 0 Å². The lowest BCUT2D eigenvalue weighted by molar-refractivity contribution is 0.306. The van der Waals surface area contributed by atoms with Crippen LogP contribution in [0.15, 0.2) is 328 Å². The molecular formula is C104H72N8O2. The van der Waals surface area contributed by atoms with Crippen molar-refractivity contribution in [3.63, 3.8) is 0 Å². The maximum atomic E-state index is 6.67. The van der Waals surface area contributed by atoms with E-state index in [-0.39, 0.29) is 0 Å². The highest BCUT2D eigenvalue weighted by Crippen LogP contribution is 2.43. The molecule has 0 radical (unpaired) electrons. The van der Waals surface area contributed by atoms with Crippen LogP contribution in [0.5, 0.6) is 11.5 Å². The van der Waals surface area contributed by atoms with Crippen LogP contribution in [0, 0.1) is 0 Å². The molecule has 20 rings (SSSR count). The Morgan fingerprint density at radius 1 is 0.202 bits per heavy atom. The number of hydrogen-bond acceptors (Lipinski definition) is 6. The van der Waals surface area contributed by atoms with E-state index < -0.39 is 0 Å². The minimum Gasteiger partial charge on any atom is -0.489 e. The second-order valence-electron chi connectivity index (χ2n) is 28.7. The highest BCUT2D eigenvalue weighted by atomic mass is 16.5. The van der Waals surface area contributed by atoms with Crippen LogP contribution in [-0.2, 0) is 13.2 Å². The first kappa shape index (κ1) is 68.0. The Labute approximate surface area is 659 Å². The zero-order valence-corrected chi connectivity index (χ0v) is 62.0. The number of aromatic nitrogens is 8. The highest BCUT2D eigenvalue weighted by molar-refractivity contribution is 6.03. The molecule has 4 aliphatic rings. The van der Waals surface area contributed by atoms with Crippen molar-refractivity contribution >= 4 is 105 Å². The van der Waals surface area contributed by atoms with E-state index in [4.69, 9.17) is 29.4 Å². The van der Waals surface area contributed by atoms with Gasteiger partial charge in [-0.1, -0.05) is 267 Å². The smallest absolute Gasteiger partial charge is 0.120 e. The van der Waals surface area contributed by atoms with Gasteiger partial charge in [0.15, 0.2) is 0 Å². The highest BCUT2D eigenvalue weighted by Gasteiger charge is 2.23. The van der Waals surface area contributed by atoms with Crippen molar-refractivity contribution < 1.29 is 9.47 Å². The quantitative estimate of drug-likeness (QED) is 0.0712. The molecule has 0 saturated carbocycles. The topological polar surface area (TPSA) is 133 Å². The largest absolute Gasteiger partial charge is 0.489 e. The van der Waals surface area contributed by atoms with Crippen LogP contribution in [0.4, 0.5) is 0 Å². The van der Waals surface area contributed by atoms with Crippen molar-refractivity contribution in [1.82, 2.24) is 39.9 Å². The van der Waals surface area contributed by atoms with Crippen LogP contribution >= 0.6 is 0 Å². The summed E-state index contributed by atoms with van der Waals surface area (Å²) >= 11 is 0. The summed E-state index contributed by atoms with van der Waals surface area (Å²) in [6, 6.07) is 114. The summed E-state index contributed by atoms with van der Waals surface area (Å²) in [5.74, 6) is 1.49. The first-order valence-electron chi connectivity index (χ1n) is 38.4. The van der Waals surface area contributed by atoms with Crippen molar-refractivity contribution in [2.45, 2.75) is 13.2 Å². The number of nitrogens with zero attached hydrogens (tertiary/aromatic N) is 4. The Bertz CT molecular complexity index is 6420. The first-order chi connectivity index (χ1) is 56.4. The summed E-state index contributed by atoms with van der Waals surface area (Å²) in [4.78, 5) is 37.5. The van der Waals surface area contributed by atoms with E-state index in [1.54, 1.807) is 0 Å². The normalized spacial score (nSPS) is 12.1. The number of fused-ring (bicyclic) bond motifs is 16. The van der Waals surface area contributed by atoms with Gasteiger partial charge < -0.3 is 29.4 Å². The van der Waals surface area contributed by atoms with Gasteiger partial charge in [-0.15, -0.1) is 0 Å². The van der Waals surface area contributed by atoms with E-state index in [0.717, 1.165) is 212 Å². The molecule has 0 fully saturated rings. The van der Waals surface area contributed by atoms with E-state index in [2.05, 4.69) is 396 Å². The Morgan fingerprint density at radius 2 is 0.404 bits per heavy atom. The molecule has 6 aromatic heterocycles. The van der Waals surface area contributed by atoms with Gasteiger partial charge in [-0.25, -0.2) is 19.9 Å². The predicted molar refractivity (Wildman–Crippen MR) is 472 cm³/mol. The van der Waals surface area contributed by atoms with Gasteiger partial charge in [0.1, 0.15) is 24.7 Å². The predicted octanol–water partition coefficient (Wildman–Crippen LogP) is 26.3. The molecule has 10 nitrogen and oxygen atoms in total. The maximum absolute atomic E-state index is 6.67. The zero-order chi connectivity index (χ0) is 75.7. The standard InChI is InChI=1S/C104H72N8O2/c1-7-21-71(22-8-1)97-81-47-51-85(105-81)99(73-25-11-3-12-26-73)89-55-59-93(109-89)103(94-60-56-90(110-94)100(74-27-13-4-14-28-74)86-52-48-82(97)106-86)77-33-19-35-79(63-77)113-65-69-43-39-67(40-44-69)37-38-68-41-45-70(46-42-68)66-114-80-36-20-34-78(64-80)104-95-61-57-91(111-95)101(75-29-15-5-16-30-75)87-53-49-83(107-87)98(72-23-9-2-10-24-72)84-50-54-88(108-84)102(76-31-17-6-18-32-76)92-58-62-96(104)112-92/h1-64,105,107,110,112H,65-66H2/b38-37+,97-81?,97-82?,98-83?,98-84?,99-85?,99-89?,100-86?,100-90?,101-87?,101-91?,102-88?,102-92?,103-93?,103-94?,104-95?,104-96?. The Hall–Kier alpha value is -15.3. The van der Waals surface area contributed by atoms with Crippen molar-refractivity contribution in [3.05, 3.63) is 395 Å². The second kappa shape index (κ2) is 30.0. The van der Waals surface area contributed by atoms with Crippen LogP contribution in [0.3, 0.4) is 0 Å². The third kappa shape index (κ3) is 13.6. The summed E-state index contributed by atoms with van der Waals surface area (Å²) in [5.41, 5.74) is 34.8. The van der Waals surface area contributed by atoms with Crippen LogP contribution in [0.2, 0.25) is 0 Å². The third-order valence-corrected chi connectivity index (χ3v) is 21.4. The minimum absolute atomic E-state index is 0.381. The van der Waals surface area contributed by atoms with Gasteiger partial charge in [0.25, 0.3) is 0 Å². The number of aromatic amines is 4. The fourth-order valence-electron chi connectivity index (χ4n) is 15.9.